The zero-order valence-electron chi connectivity index (χ0n) is 10.5. The Balaban J connectivity index is 2.33. The van der Waals surface area contributed by atoms with Crippen LogP contribution in [0.5, 0.6) is 0 Å². The highest BCUT2D eigenvalue weighted by atomic mass is 35.5. The van der Waals surface area contributed by atoms with Crippen molar-refractivity contribution in [2.24, 2.45) is 0 Å². The fraction of sp³-hybridized carbons (Fsp3) is 0. The van der Waals surface area contributed by atoms with E-state index in [9.17, 15) is 9.90 Å². The molecule has 0 saturated heterocycles. The van der Waals surface area contributed by atoms with E-state index in [1.807, 2.05) is 0 Å². The Morgan fingerprint density at radius 2 is 1.71 bits per heavy atom. The number of carboxylic acid groups (broad SMARTS) is 1. The number of H-pyrrole nitrogens is 1. The van der Waals surface area contributed by atoms with Gasteiger partial charge < -0.3 is 10.1 Å². The first-order chi connectivity index (χ1) is 9.97. The Morgan fingerprint density at radius 1 is 0.952 bits per heavy atom. The molecule has 0 aliphatic rings. The van der Waals surface area contributed by atoms with Crippen molar-refractivity contribution in [3.05, 3.63) is 57.2 Å². The lowest BCUT2D eigenvalue weighted by molar-refractivity contribution is 0.0693. The van der Waals surface area contributed by atoms with Crippen LogP contribution < -0.4 is 0 Å². The normalized spacial score (nSPS) is 11.0. The molecule has 0 amide bonds. The molecular formula is C15H8Cl3NO2. The number of aromatic amines is 1. The molecular weight excluding hydrogens is 333 g/mol. The number of aromatic nitrogens is 1. The zero-order valence-corrected chi connectivity index (χ0v) is 12.7. The van der Waals surface area contributed by atoms with Crippen LogP contribution >= 0.6 is 34.8 Å². The summed E-state index contributed by atoms with van der Waals surface area (Å²) >= 11 is 18.0. The summed E-state index contributed by atoms with van der Waals surface area (Å²) in [4.78, 5) is 14.3. The van der Waals surface area contributed by atoms with Crippen LogP contribution in [0.15, 0.2) is 36.4 Å². The summed E-state index contributed by atoms with van der Waals surface area (Å²) in [5, 5.41) is 12.0. The maximum atomic E-state index is 11.4. The molecule has 3 aromatic rings. The van der Waals surface area contributed by atoms with Crippen molar-refractivity contribution in [3.8, 4) is 11.3 Å². The van der Waals surface area contributed by atoms with Crippen LogP contribution in [0.4, 0.5) is 0 Å². The Morgan fingerprint density at radius 3 is 2.38 bits per heavy atom. The smallest absolute Gasteiger partial charge is 0.352 e. The summed E-state index contributed by atoms with van der Waals surface area (Å²) < 4.78 is 0. The first kappa shape index (κ1) is 14.3. The van der Waals surface area contributed by atoms with Gasteiger partial charge >= 0.3 is 5.97 Å². The molecule has 106 valence electrons. The van der Waals surface area contributed by atoms with E-state index in [-0.39, 0.29) is 5.69 Å². The van der Waals surface area contributed by atoms with Gasteiger partial charge in [-0.1, -0.05) is 46.9 Å². The lowest BCUT2D eigenvalue weighted by Crippen LogP contribution is -1.96. The van der Waals surface area contributed by atoms with Crippen LogP contribution in [0.1, 0.15) is 10.5 Å². The minimum Gasteiger partial charge on any atom is -0.477 e. The topological polar surface area (TPSA) is 53.1 Å². The molecule has 0 fully saturated rings. The van der Waals surface area contributed by atoms with E-state index in [1.165, 1.54) is 0 Å². The zero-order chi connectivity index (χ0) is 15.1. The minimum absolute atomic E-state index is 0.114. The highest BCUT2D eigenvalue weighted by Crippen LogP contribution is 2.35. The van der Waals surface area contributed by atoms with Gasteiger partial charge in [-0.05, 0) is 24.3 Å². The second-order valence-corrected chi connectivity index (χ2v) is 5.75. The summed E-state index contributed by atoms with van der Waals surface area (Å²) in [6, 6.07) is 10.2. The van der Waals surface area contributed by atoms with Crippen molar-refractivity contribution in [1.29, 1.82) is 0 Å². The van der Waals surface area contributed by atoms with E-state index in [2.05, 4.69) is 4.98 Å². The van der Waals surface area contributed by atoms with Gasteiger partial charge in [-0.15, -0.1) is 0 Å². The van der Waals surface area contributed by atoms with Crippen LogP contribution in [0.2, 0.25) is 15.1 Å². The predicted molar refractivity (Wildman–Crippen MR) is 85.7 cm³/mol. The summed E-state index contributed by atoms with van der Waals surface area (Å²) in [6.45, 7) is 0. The van der Waals surface area contributed by atoms with Crippen molar-refractivity contribution >= 4 is 51.5 Å². The second-order valence-electron chi connectivity index (χ2n) is 4.50. The third-order valence-corrected chi connectivity index (χ3v) is 4.17. The number of hydrogen-bond donors (Lipinski definition) is 2. The molecule has 0 radical (unpaired) electrons. The number of benzene rings is 2. The van der Waals surface area contributed by atoms with Gasteiger partial charge in [-0.2, -0.15) is 0 Å². The number of aromatic carboxylic acids is 1. The van der Waals surface area contributed by atoms with Crippen LogP contribution in [-0.2, 0) is 0 Å². The van der Waals surface area contributed by atoms with Gasteiger partial charge in [0.1, 0.15) is 5.69 Å². The van der Waals surface area contributed by atoms with Crippen LogP contribution in [0.3, 0.4) is 0 Å². The Hall–Kier alpha value is -1.68. The van der Waals surface area contributed by atoms with E-state index in [0.717, 1.165) is 10.9 Å². The van der Waals surface area contributed by atoms with Gasteiger partial charge in [0.05, 0.1) is 15.7 Å². The minimum atomic E-state index is -1.03. The van der Waals surface area contributed by atoms with Crippen molar-refractivity contribution in [2.75, 3.05) is 0 Å². The molecule has 3 nitrogen and oxygen atoms in total. The predicted octanol–water partition coefficient (Wildman–Crippen LogP) is 5.49. The van der Waals surface area contributed by atoms with Crippen molar-refractivity contribution < 1.29 is 9.90 Å². The first-order valence-corrected chi connectivity index (χ1v) is 7.10. The quantitative estimate of drug-likeness (QED) is 0.648. The van der Waals surface area contributed by atoms with Crippen molar-refractivity contribution in [3.63, 3.8) is 0 Å². The number of nitrogens with one attached hydrogen (secondary N) is 1. The molecule has 3 rings (SSSR count). The van der Waals surface area contributed by atoms with Gasteiger partial charge in [-0.3, -0.25) is 0 Å². The molecule has 0 unspecified atom stereocenters. The summed E-state index contributed by atoms with van der Waals surface area (Å²) in [7, 11) is 0. The Kier molecular flexibility index (Phi) is 3.57. The molecule has 6 heteroatoms. The van der Waals surface area contributed by atoms with E-state index < -0.39 is 5.97 Å². The number of halogens is 3. The van der Waals surface area contributed by atoms with Gasteiger partial charge in [0.25, 0.3) is 0 Å². The molecule has 0 bridgehead atoms. The van der Waals surface area contributed by atoms with Gasteiger partial charge in [0.15, 0.2) is 0 Å². The first-order valence-electron chi connectivity index (χ1n) is 5.97. The Bertz CT molecular complexity index is 871. The van der Waals surface area contributed by atoms with E-state index in [1.54, 1.807) is 36.4 Å². The Labute approximate surface area is 135 Å². The van der Waals surface area contributed by atoms with Crippen LogP contribution in [-0.4, -0.2) is 16.1 Å². The molecule has 21 heavy (non-hydrogen) atoms. The summed E-state index contributed by atoms with van der Waals surface area (Å²) in [5.74, 6) is -1.03. The summed E-state index contributed by atoms with van der Waals surface area (Å²) in [6.07, 6.45) is 0. The van der Waals surface area contributed by atoms with E-state index in [4.69, 9.17) is 34.8 Å². The standard InChI is InChI=1S/C15H8Cl3NO2/c16-8-2-3-9-10(6-8)13(19-14(9)15(20)21)7-1-4-11(17)12(18)5-7/h1-6,19H,(H,20,21). The fourth-order valence-electron chi connectivity index (χ4n) is 2.25. The number of fused-ring (bicyclic) bond motifs is 1. The van der Waals surface area contributed by atoms with Crippen molar-refractivity contribution in [1.82, 2.24) is 4.98 Å². The SMILES string of the molecule is O=C(O)c1[nH]c(-c2ccc(Cl)c(Cl)c2)c2cc(Cl)ccc12. The number of carboxylic acids is 1. The molecule has 1 aromatic heterocycles. The number of rotatable bonds is 2. The molecule has 1 heterocycles. The third kappa shape index (κ3) is 2.48. The molecule has 0 saturated carbocycles. The average molecular weight is 341 g/mol. The van der Waals surface area contributed by atoms with E-state index in [0.29, 0.717) is 26.1 Å². The molecule has 2 N–H and O–H groups in total. The number of hydrogen-bond acceptors (Lipinski definition) is 1. The number of carbonyl (C=O) groups is 1. The molecule has 0 spiro atoms. The van der Waals surface area contributed by atoms with Crippen molar-refractivity contribution in [2.45, 2.75) is 0 Å². The lowest BCUT2D eigenvalue weighted by Gasteiger charge is -2.02. The fourth-order valence-corrected chi connectivity index (χ4v) is 2.72. The van der Waals surface area contributed by atoms with Gasteiger partial charge in [-0.25, -0.2) is 4.79 Å². The highest BCUT2D eigenvalue weighted by Gasteiger charge is 2.17. The average Bonchev–Trinajstić information content (AvgIpc) is 2.80. The lowest BCUT2D eigenvalue weighted by atomic mass is 10.1. The third-order valence-electron chi connectivity index (χ3n) is 3.19. The van der Waals surface area contributed by atoms with Crippen LogP contribution in [0, 0.1) is 0 Å². The summed E-state index contributed by atoms with van der Waals surface area (Å²) in [5.41, 5.74) is 1.50. The largest absolute Gasteiger partial charge is 0.477 e. The van der Waals surface area contributed by atoms with Gasteiger partial charge in [0, 0.05) is 21.4 Å². The van der Waals surface area contributed by atoms with Gasteiger partial charge in [0.2, 0.25) is 0 Å². The maximum absolute atomic E-state index is 11.4. The molecule has 0 aliphatic carbocycles. The second kappa shape index (κ2) is 5.26. The molecule has 0 atom stereocenters. The molecule has 0 aliphatic heterocycles. The monoisotopic (exact) mass is 339 g/mol. The highest BCUT2D eigenvalue weighted by molar-refractivity contribution is 6.42. The maximum Gasteiger partial charge on any atom is 0.352 e. The van der Waals surface area contributed by atoms with Crippen LogP contribution in [0.25, 0.3) is 22.0 Å². The molecule has 2 aromatic carbocycles. The van der Waals surface area contributed by atoms with E-state index >= 15 is 0 Å².